The Balaban J connectivity index is 2.85. The van der Waals surface area contributed by atoms with Crippen molar-refractivity contribution in [2.75, 3.05) is 0 Å². The molecule has 0 aliphatic rings. The Morgan fingerprint density at radius 3 is 2.92 bits per heavy atom. The zero-order valence-corrected chi connectivity index (χ0v) is 9.64. The van der Waals surface area contributed by atoms with Gasteiger partial charge in [0.1, 0.15) is 5.82 Å². The van der Waals surface area contributed by atoms with Crippen LogP contribution in [0, 0.1) is 5.82 Å². The van der Waals surface area contributed by atoms with Crippen LogP contribution in [0.3, 0.4) is 0 Å². The van der Waals surface area contributed by atoms with Crippen molar-refractivity contribution in [2.45, 2.75) is 5.33 Å². The molecule has 1 aromatic heterocycles. The number of hydrogen-bond acceptors (Lipinski definition) is 1. The molecular weight excluding hydrogens is 275 g/mol. The Hall–Kier alpha value is -0.120. The van der Waals surface area contributed by atoms with Crippen LogP contribution in [-0.4, -0.2) is 0 Å². The summed E-state index contributed by atoms with van der Waals surface area (Å²) >= 11 is 10.7. The number of benzene rings is 1. The third-order valence-electron chi connectivity index (χ3n) is 1.87. The van der Waals surface area contributed by atoms with E-state index in [0.29, 0.717) is 15.7 Å². The summed E-state index contributed by atoms with van der Waals surface area (Å²) in [5, 5.41) is 3.51. The van der Waals surface area contributed by atoms with Crippen LogP contribution in [0.4, 0.5) is 4.39 Å². The molecule has 0 N–H and O–H groups in total. The highest BCUT2D eigenvalue weighted by molar-refractivity contribution is 9.08. The van der Waals surface area contributed by atoms with E-state index in [0.717, 1.165) is 10.3 Å². The molecule has 0 saturated carbocycles. The van der Waals surface area contributed by atoms with Gasteiger partial charge in [-0.2, -0.15) is 0 Å². The largest absolute Gasteiger partial charge is 0.205 e. The van der Waals surface area contributed by atoms with Crippen LogP contribution < -0.4 is 0 Å². The lowest BCUT2D eigenvalue weighted by molar-refractivity contribution is 0.644. The summed E-state index contributed by atoms with van der Waals surface area (Å²) in [4.78, 5) is 0. The van der Waals surface area contributed by atoms with E-state index in [4.69, 9.17) is 11.6 Å². The Labute approximate surface area is 92.5 Å². The first-order valence-corrected chi connectivity index (χ1v) is 6.02. The minimum Gasteiger partial charge on any atom is -0.205 e. The van der Waals surface area contributed by atoms with Gasteiger partial charge in [-0.15, -0.1) is 11.3 Å². The molecule has 1 aromatic carbocycles. The van der Waals surface area contributed by atoms with E-state index >= 15 is 0 Å². The molecule has 2 aromatic rings. The summed E-state index contributed by atoms with van der Waals surface area (Å²) in [6.07, 6.45) is 0. The zero-order chi connectivity index (χ0) is 9.42. The van der Waals surface area contributed by atoms with Crippen molar-refractivity contribution >= 4 is 49.0 Å². The Morgan fingerprint density at radius 1 is 1.46 bits per heavy atom. The van der Waals surface area contributed by atoms with E-state index in [1.807, 2.05) is 0 Å². The molecule has 0 atom stereocenters. The lowest BCUT2D eigenvalue weighted by Crippen LogP contribution is -1.80. The maximum Gasteiger partial charge on any atom is 0.141 e. The van der Waals surface area contributed by atoms with E-state index in [-0.39, 0.29) is 5.82 Å². The van der Waals surface area contributed by atoms with Gasteiger partial charge in [-0.3, -0.25) is 0 Å². The normalized spacial score (nSPS) is 11.0. The van der Waals surface area contributed by atoms with Crippen LogP contribution in [0.15, 0.2) is 17.5 Å². The summed E-state index contributed by atoms with van der Waals surface area (Å²) in [5.74, 6) is -0.168. The van der Waals surface area contributed by atoms with Crippen molar-refractivity contribution < 1.29 is 4.39 Å². The molecule has 4 heteroatoms. The molecule has 68 valence electrons. The summed E-state index contributed by atoms with van der Waals surface area (Å²) in [6.45, 7) is 0. The first-order chi connectivity index (χ1) is 6.24. The van der Waals surface area contributed by atoms with E-state index in [1.165, 1.54) is 16.7 Å². The minimum atomic E-state index is -0.168. The van der Waals surface area contributed by atoms with Crippen LogP contribution in [0.2, 0.25) is 5.02 Å². The van der Waals surface area contributed by atoms with Crippen molar-refractivity contribution in [1.29, 1.82) is 0 Å². The lowest BCUT2D eigenvalue weighted by Gasteiger charge is -2.00. The quantitative estimate of drug-likeness (QED) is 0.670. The van der Waals surface area contributed by atoms with Crippen molar-refractivity contribution in [3.05, 3.63) is 33.9 Å². The van der Waals surface area contributed by atoms with Crippen molar-refractivity contribution in [1.82, 2.24) is 0 Å². The third kappa shape index (κ3) is 1.49. The number of fused-ring (bicyclic) bond motifs is 1. The second-order valence-corrected chi connectivity index (χ2v) is 4.47. The average molecular weight is 280 g/mol. The molecule has 0 spiro atoms. The van der Waals surface area contributed by atoms with Crippen LogP contribution in [0.1, 0.15) is 5.56 Å². The molecule has 0 saturated heterocycles. The second kappa shape index (κ2) is 3.56. The summed E-state index contributed by atoms with van der Waals surface area (Å²) in [7, 11) is 0. The first-order valence-electron chi connectivity index (χ1n) is 3.64. The van der Waals surface area contributed by atoms with E-state index in [2.05, 4.69) is 15.9 Å². The fourth-order valence-corrected chi connectivity index (χ4v) is 3.40. The smallest absolute Gasteiger partial charge is 0.141 e. The SMILES string of the molecule is Fc1csc2c(CBr)c(Cl)ccc12. The zero-order valence-electron chi connectivity index (χ0n) is 6.48. The van der Waals surface area contributed by atoms with Gasteiger partial charge in [-0.25, -0.2) is 4.39 Å². The highest BCUT2D eigenvalue weighted by Gasteiger charge is 2.09. The lowest BCUT2D eigenvalue weighted by atomic mass is 10.2. The topological polar surface area (TPSA) is 0 Å². The van der Waals surface area contributed by atoms with E-state index in [9.17, 15) is 4.39 Å². The number of thiophene rings is 1. The number of halogens is 3. The summed E-state index contributed by atoms with van der Waals surface area (Å²) in [6, 6.07) is 3.45. The molecular formula is C9H5BrClFS. The summed E-state index contributed by atoms with van der Waals surface area (Å²) < 4.78 is 14.1. The molecule has 0 aliphatic carbocycles. The van der Waals surface area contributed by atoms with Crippen LogP contribution in [0.5, 0.6) is 0 Å². The molecule has 0 bridgehead atoms. The fraction of sp³-hybridized carbons (Fsp3) is 0.111. The van der Waals surface area contributed by atoms with Gasteiger partial charge in [0, 0.05) is 25.8 Å². The van der Waals surface area contributed by atoms with Gasteiger partial charge in [-0.1, -0.05) is 27.5 Å². The van der Waals surface area contributed by atoms with Crippen molar-refractivity contribution in [2.24, 2.45) is 0 Å². The first kappa shape index (κ1) is 9.44. The highest BCUT2D eigenvalue weighted by atomic mass is 79.9. The molecule has 0 amide bonds. The maximum absolute atomic E-state index is 13.1. The number of alkyl halides is 1. The summed E-state index contributed by atoms with van der Waals surface area (Å²) in [5.41, 5.74) is 0.966. The maximum atomic E-state index is 13.1. The van der Waals surface area contributed by atoms with Crippen molar-refractivity contribution in [3.8, 4) is 0 Å². The number of rotatable bonds is 1. The van der Waals surface area contributed by atoms with Gasteiger partial charge in [0.2, 0.25) is 0 Å². The van der Waals surface area contributed by atoms with Gasteiger partial charge < -0.3 is 0 Å². The van der Waals surface area contributed by atoms with E-state index in [1.54, 1.807) is 12.1 Å². The van der Waals surface area contributed by atoms with Gasteiger partial charge in [0.15, 0.2) is 0 Å². The Kier molecular flexibility index (Phi) is 2.58. The molecule has 0 aliphatic heterocycles. The molecule has 0 unspecified atom stereocenters. The Bertz CT molecular complexity index is 452. The number of hydrogen-bond donors (Lipinski definition) is 0. The highest BCUT2D eigenvalue weighted by Crippen LogP contribution is 2.33. The predicted molar refractivity (Wildman–Crippen MR) is 59.4 cm³/mol. The standard InChI is InChI=1S/C9H5BrClFS/c10-3-6-7(11)2-1-5-8(12)4-13-9(5)6/h1-2,4H,3H2. The third-order valence-corrected chi connectivity index (χ3v) is 3.82. The molecule has 0 nitrogen and oxygen atoms in total. The van der Waals surface area contributed by atoms with Crippen LogP contribution >= 0.6 is 38.9 Å². The fourth-order valence-electron chi connectivity index (χ4n) is 1.23. The van der Waals surface area contributed by atoms with Crippen LogP contribution in [0.25, 0.3) is 10.1 Å². The molecule has 1 heterocycles. The Morgan fingerprint density at radius 2 is 2.23 bits per heavy atom. The molecule has 0 fully saturated rings. The average Bonchev–Trinajstić information content (AvgIpc) is 2.48. The monoisotopic (exact) mass is 278 g/mol. The van der Waals surface area contributed by atoms with Gasteiger partial charge >= 0.3 is 0 Å². The van der Waals surface area contributed by atoms with Crippen molar-refractivity contribution in [3.63, 3.8) is 0 Å². The second-order valence-electron chi connectivity index (χ2n) is 2.62. The predicted octanol–water partition coefficient (Wildman–Crippen LogP) is 4.59. The van der Waals surface area contributed by atoms with Gasteiger partial charge in [0.25, 0.3) is 0 Å². The molecule has 13 heavy (non-hydrogen) atoms. The van der Waals surface area contributed by atoms with Gasteiger partial charge in [0.05, 0.1) is 0 Å². The van der Waals surface area contributed by atoms with Crippen LogP contribution in [-0.2, 0) is 5.33 Å². The molecule has 0 radical (unpaired) electrons. The van der Waals surface area contributed by atoms with Gasteiger partial charge in [-0.05, 0) is 17.7 Å². The van der Waals surface area contributed by atoms with E-state index < -0.39 is 0 Å². The minimum absolute atomic E-state index is 0.168. The molecule has 2 rings (SSSR count).